The van der Waals surface area contributed by atoms with Gasteiger partial charge in [-0.3, -0.25) is 0 Å². The minimum absolute atomic E-state index is 0.275. The van der Waals surface area contributed by atoms with Gasteiger partial charge >= 0.3 is 0 Å². The lowest BCUT2D eigenvalue weighted by atomic mass is 9.95. The van der Waals surface area contributed by atoms with Crippen molar-refractivity contribution >= 4 is 0 Å². The number of hydrogen-bond donors (Lipinski definition) is 1. The van der Waals surface area contributed by atoms with Gasteiger partial charge in [0.25, 0.3) is 0 Å². The van der Waals surface area contributed by atoms with Gasteiger partial charge < -0.3 is 10.3 Å². The van der Waals surface area contributed by atoms with E-state index in [0.29, 0.717) is 5.92 Å². The summed E-state index contributed by atoms with van der Waals surface area (Å²) in [4.78, 5) is 4.60. The van der Waals surface area contributed by atoms with Crippen LogP contribution in [0, 0.1) is 0 Å². The molecule has 0 fully saturated rings. The van der Waals surface area contributed by atoms with Crippen LogP contribution < -0.4 is 5.73 Å². The maximum absolute atomic E-state index is 6.10. The Hall–Kier alpha value is -1.61. The number of aryl methyl sites for hydroxylation is 1. The molecule has 0 amide bonds. The normalized spacial score (nSPS) is 19.6. The van der Waals surface area contributed by atoms with Crippen molar-refractivity contribution in [2.24, 2.45) is 5.73 Å². The fourth-order valence-electron chi connectivity index (χ4n) is 2.92. The summed E-state index contributed by atoms with van der Waals surface area (Å²) in [5.41, 5.74) is 11.1. The van der Waals surface area contributed by atoms with Gasteiger partial charge in [0, 0.05) is 30.3 Å². The fourth-order valence-corrected chi connectivity index (χ4v) is 2.92. The van der Waals surface area contributed by atoms with Crippen molar-refractivity contribution in [3.8, 4) is 11.3 Å². The quantitative estimate of drug-likeness (QED) is 0.928. The smallest absolute Gasteiger partial charge is 0.0956 e. The summed E-state index contributed by atoms with van der Waals surface area (Å²) in [5.74, 6) is 0.619. The molecule has 3 heteroatoms. The molecule has 3 nitrogen and oxygen atoms in total. The summed E-state index contributed by atoms with van der Waals surface area (Å²) in [6.07, 6.45) is 5.12. The number of fused-ring (bicyclic) bond motifs is 1. The first-order chi connectivity index (χ1) is 9.69. The standard InChI is InChI=1S/C17H23N3/c1-3-12(2)13-4-6-14(7-5-13)17-16-10-15(18)8-9-20(16)11-19-17/h4-7,11-12,15H,3,8-10,18H2,1-2H3. The summed E-state index contributed by atoms with van der Waals surface area (Å²) in [6.45, 7) is 5.49. The predicted octanol–water partition coefficient (Wildman–Crippen LogP) is 3.34. The van der Waals surface area contributed by atoms with E-state index in [1.165, 1.54) is 23.2 Å². The third-order valence-corrected chi connectivity index (χ3v) is 4.51. The van der Waals surface area contributed by atoms with E-state index in [9.17, 15) is 0 Å². The molecule has 0 radical (unpaired) electrons. The topological polar surface area (TPSA) is 43.8 Å². The van der Waals surface area contributed by atoms with Crippen LogP contribution in [0.15, 0.2) is 30.6 Å². The van der Waals surface area contributed by atoms with Crippen molar-refractivity contribution in [1.82, 2.24) is 9.55 Å². The summed E-state index contributed by atoms with van der Waals surface area (Å²) in [7, 11) is 0. The van der Waals surface area contributed by atoms with Crippen molar-refractivity contribution in [2.75, 3.05) is 0 Å². The Morgan fingerprint density at radius 1 is 1.35 bits per heavy atom. The van der Waals surface area contributed by atoms with Crippen LogP contribution in [-0.2, 0) is 13.0 Å². The Morgan fingerprint density at radius 3 is 2.80 bits per heavy atom. The van der Waals surface area contributed by atoms with E-state index in [1.54, 1.807) is 0 Å². The molecule has 1 aromatic carbocycles. The number of benzene rings is 1. The lowest BCUT2D eigenvalue weighted by Crippen LogP contribution is -2.30. The molecule has 2 unspecified atom stereocenters. The molecule has 0 saturated heterocycles. The largest absolute Gasteiger partial charge is 0.334 e. The molecule has 0 saturated carbocycles. The van der Waals surface area contributed by atoms with Crippen molar-refractivity contribution in [1.29, 1.82) is 0 Å². The van der Waals surface area contributed by atoms with Gasteiger partial charge in [0.05, 0.1) is 12.0 Å². The van der Waals surface area contributed by atoms with Gasteiger partial charge in [-0.2, -0.15) is 0 Å². The maximum Gasteiger partial charge on any atom is 0.0956 e. The molecule has 2 atom stereocenters. The SMILES string of the molecule is CCC(C)c1ccc(-c2ncn3c2CC(N)CC3)cc1. The highest BCUT2D eigenvalue weighted by Gasteiger charge is 2.20. The number of rotatable bonds is 3. The average molecular weight is 269 g/mol. The molecule has 2 heterocycles. The Labute approximate surface area is 120 Å². The zero-order chi connectivity index (χ0) is 14.1. The van der Waals surface area contributed by atoms with Gasteiger partial charge in [-0.1, -0.05) is 38.1 Å². The molecule has 1 aliphatic rings. The van der Waals surface area contributed by atoms with Crippen molar-refractivity contribution < 1.29 is 0 Å². The molecule has 2 N–H and O–H groups in total. The lowest BCUT2D eigenvalue weighted by molar-refractivity contribution is 0.472. The lowest BCUT2D eigenvalue weighted by Gasteiger charge is -2.21. The second-order valence-corrected chi connectivity index (χ2v) is 5.92. The first-order valence-electron chi connectivity index (χ1n) is 7.59. The monoisotopic (exact) mass is 269 g/mol. The first kappa shape index (κ1) is 13.4. The van der Waals surface area contributed by atoms with Crippen LogP contribution in [-0.4, -0.2) is 15.6 Å². The Balaban J connectivity index is 1.92. The van der Waals surface area contributed by atoms with Gasteiger partial charge in [0.15, 0.2) is 0 Å². The van der Waals surface area contributed by atoms with Crippen LogP contribution in [0.5, 0.6) is 0 Å². The van der Waals surface area contributed by atoms with E-state index >= 15 is 0 Å². The minimum atomic E-state index is 0.275. The van der Waals surface area contributed by atoms with Crippen LogP contribution in [0.3, 0.4) is 0 Å². The summed E-state index contributed by atoms with van der Waals surface area (Å²) < 4.78 is 2.25. The predicted molar refractivity (Wildman–Crippen MR) is 82.7 cm³/mol. The fraction of sp³-hybridized carbons (Fsp3) is 0.471. The highest BCUT2D eigenvalue weighted by atomic mass is 15.1. The molecule has 3 rings (SSSR count). The number of nitrogens with zero attached hydrogens (tertiary/aromatic N) is 2. The number of imidazole rings is 1. The molecule has 106 valence electrons. The maximum atomic E-state index is 6.10. The average Bonchev–Trinajstić information content (AvgIpc) is 2.89. The Morgan fingerprint density at radius 2 is 2.10 bits per heavy atom. The van der Waals surface area contributed by atoms with Gasteiger partial charge in [0.2, 0.25) is 0 Å². The summed E-state index contributed by atoms with van der Waals surface area (Å²) >= 11 is 0. The van der Waals surface area contributed by atoms with Crippen molar-refractivity contribution in [3.05, 3.63) is 41.9 Å². The van der Waals surface area contributed by atoms with Gasteiger partial charge in [0.1, 0.15) is 0 Å². The highest BCUT2D eigenvalue weighted by Crippen LogP contribution is 2.28. The van der Waals surface area contributed by atoms with Crippen LogP contribution in [0.1, 0.15) is 43.9 Å². The van der Waals surface area contributed by atoms with Crippen LogP contribution >= 0.6 is 0 Å². The van der Waals surface area contributed by atoms with E-state index in [1.807, 2.05) is 6.33 Å². The third kappa shape index (κ3) is 2.38. The van der Waals surface area contributed by atoms with Crippen LogP contribution in [0.25, 0.3) is 11.3 Å². The molecule has 1 aliphatic heterocycles. The van der Waals surface area contributed by atoms with Crippen molar-refractivity contribution in [2.45, 2.75) is 51.6 Å². The number of nitrogens with two attached hydrogens (primary N) is 1. The molecule has 0 spiro atoms. The zero-order valence-corrected chi connectivity index (χ0v) is 12.3. The molecular weight excluding hydrogens is 246 g/mol. The molecule has 1 aromatic heterocycles. The molecule has 0 bridgehead atoms. The van der Waals surface area contributed by atoms with Crippen molar-refractivity contribution in [3.63, 3.8) is 0 Å². The van der Waals surface area contributed by atoms with Gasteiger partial charge in [-0.25, -0.2) is 4.98 Å². The molecule has 2 aromatic rings. The van der Waals surface area contributed by atoms with Crippen LogP contribution in [0.2, 0.25) is 0 Å². The highest BCUT2D eigenvalue weighted by molar-refractivity contribution is 5.62. The van der Waals surface area contributed by atoms with Gasteiger partial charge in [-0.05, 0) is 24.3 Å². The summed E-state index contributed by atoms with van der Waals surface area (Å²) in [5, 5.41) is 0. The molecule has 0 aliphatic carbocycles. The summed E-state index contributed by atoms with van der Waals surface area (Å²) in [6, 6.07) is 9.14. The minimum Gasteiger partial charge on any atom is -0.334 e. The first-order valence-corrected chi connectivity index (χ1v) is 7.59. The third-order valence-electron chi connectivity index (χ3n) is 4.51. The van der Waals surface area contributed by atoms with Crippen LogP contribution in [0.4, 0.5) is 0 Å². The Bertz CT molecular complexity index is 583. The second-order valence-electron chi connectivity index (χ2n) is 5.92. The van der Waals surface area contributed by atoms with E-state index < -0.39 is 0 Å². The molecular formula is C17H23N3. The Kier molecular flexibility index (Phi) is 3.62. The van der Waals surface area contributed by atoms with Gasteiger partial charge in [-0.15, -0.1) is 0 Å². The number of hydrogen-bond acceptors (Lipinski definition) is 2. The molecule has 20 heavy (non-hydrogen) atoms. The second kappa shape index (κ2) is 5.41. The van der Waals surface area contributed by atoms with E-state index in [4.69, 9.17) is 5.73 Å². The zero-order valence-electron chi connectivity index (χ0n) is 12.3. The van der Waals surface area contributed by atoms with E-state index in [0.717, 1.165) is 25.1 Å². The van der Waals surface area contributed by atoms with E-state index in [-0.39, 0.29) is 6.04 Å². The van der Waals surface area contributed by atoms with E-state index in [2.05, 4.69) is 47.7 Å². The number of aromatic nitrogens is 2.